The smallest absolute Gasteiger partial charge is 0.240 e. The molecule has 2 N–H and O–H groups in total. The van der Waals surface area contributed by atoms with Crippen molar-refractivity contribution in [2.45, 2.75) is 32.0 Å². The van der Waals surface area contributed by atoms with Crippen LogP contribution in [0, 0.1) is 0 Å². The van der Waals surface area contributed by atoms with Gasteiger partial charge in [-0.3, -0.25) is 9.78 Å². The summed E-state index contributed by atoms with van der Waals surface area (Å²) in [5.74, 6) is 1.18. The molecule has 0 saturated carbocycles. The Labute approximate surface area is 218 Å². The van der Waals surface area contributed by atoms with E-state index in [9.17, 15) is 4.79 Å². The molecule has 0 aliphatic heterocycles. The lowest BCUT2D eigenvalue weighted by atomic mass is 10.0. The van der Waals surface area contributed by atoms with Crippen molar-refractivity contribution in [3.05, 3.63) is 126 Å². The predicted molar refractivity (Wildman–Crippen MR) is 145 cm³/mol. The largest absolute Gasteiger partial charge is 0.493 e. The van der Waals surface area contributed by atoms with E-state index in [4.69, 9.17) is 15.2 Å². The lowest BCUT2D eigenvalue weighted by Crippen LogP contribution is -2.45. The molecule has 4 aromatic rings. The predicted octanol–water partition coefficient (Wildman–Crippen LogP) is 4.81. The zero-order chi connectivity index (χ0) is 25.9. The van der Waals surface area contributed by atoms with Crippen LogP contribution in [-0.4, -0.2) is 35.5 Å². The van der Waals surface area contributed by atoms with Crippen molar-refractivity contribution in [2.24, 2.45) is 5.73 Å². The number of nitrogens with two attached hydrogens (primary N) is 1. The van der Waals surface area contributed by atoms with E-state index in [1.165, 1.54) is 0 Å². The number of hydrogen-bond acceptors (Lipinski definition) is 5. The van der Waals surface area contributed by atoms with E-state index in [0.717, 1.165) is 22.4 Å². The maximum absolute atomic E-state index is 13.5. The molecule has 4 rings (SSSR count). The van der Waals surface area contributed by atoms with Gasteiger partial charge in [0, 0.05) is 31.4 Å². The van der Waals surface area contributed by atoms with Gasteiger partial charge in [0.05, 0.1) is 13.2 Å². The number of carbonyl (C=O) groups excluding carboxylic acids is 1. The Morgan fingerprint density at radius 3 is 2.24 bits per heavy atom. The monoisotopic (exact) mass is 495 g/mol. The van der Waals surface area contributed by atoms with Crippen molar-refractivity contribution >= 4 is 5.91 Å². The van der Waals surface area contributed by atoms with Crippen LogP contribution in [0.1, 0.15) is 22.4 Å². The average Bonchev–Trinajstić information content (AvgIpc) is 2.95. The fourth-order valence-corrected chi connectivity index (χ4v) is 4.14. The molecule has 1 atom stereocenters. The molecule has 190 valence electrons. The molecule has 37 heavy (non-hydrogen) atoms. The standard InChI is InChI=1S/C31H33N3O3/c1-36-30-21-26(15-16-29(30)37-23-25-12-6-3-7-13-25)22-34(19-17-27-14-8-9-18-33-27)31(35)28(32)20-24-10-4-2-5-11-24/h2-16,18,21,28H,17,19-20,22-23,32H2,1H3/t28-/m0/s1. The maximum atomic E-state index is 13.5. The normalized spacial score (nSPS) is 11.5. The molecule has 0 bridgehead atoms. The fraction of sp³-hybridized carbons (Fsp3) is 0.226. The number of carbonyl (C=O) groups is 1. The Balaban J connectivity index is 1.48. The van der Waals surface area contributed by atoms with Gasteiger partial charge in [-0.1, -0.05) is 72.8 Å². The van der Waals surface area contributed by atoms with Crippen LogP contribution in [0.15, 0.2) is 103 Å². The number of pyridine rings is 1. The van der Waals surface area contributed by atoms with Crippen LogP contribution in [0.25, 0.3) is 0 Å². The highest BCUT2D eigenvalue weighted by Gasteiger charge is 2.22. The molecule has 6 nitrogen and oxygen atoms in total. The van der Waals surface area contributed by atoms with Crippen LogP contribution < -0.4 is 15.2 Å². The molecular formula is C31H33N3O3. The first kappa shape index (κ1) is 25.9. The van der Waals surface area contributed by atoms with Crippen molar-refractivity contribution < 1.29 is 14.3 Å². The van der Waals surface area contributed by atoms with Gasteiger partial charge in [-0.05, 0) is 47.4 Å². The minimum Gasteiger partial charge on any atom is -0.493 e. The summed E-state index contributed by atoms with van der Waals surface area (Å²) in [4.78, 5) is 19.7. The number of methoxy groups -OCH3 is 1. The van der Waals surface area contributed by atoms with Gasteiger partial charge in [0.2, 0.25) is 5.91 Å². The Morgan fingerprint density at radius 2 is 1.57 bits per heavy atom. The highest BCUT2D eigenvalue weighted by Crippen LogP contribution is 2.29. The zero-order valence-electron chi connectivity index (χ0n) is 21.1. The lowest BCUT2D eigenvalue weighted by Gasteiger charge is -2.26. The summed E-state index contributed by atoms with van der Waals surface area (Å²) < 4.78 is 11.6. The number of ether oxygens (including phenoxy) is 2. The third kappa shape index (κ3) is 7.66. The van der Waals surface area contributed by atoms with Gasteiger partial charge in [0.25, 0.3) is 0 Å². The van der Waals surface area contributed by atoms with E-state index in [0.29, 0.717) is 44.0 Å². The Morgan fingerprint density at radius 1 is 0.865 bits per heavy atom. The molecule has 3 aromatic carbocycles. The van der Waals surface area contributed by atoms with Gasteiger partial charge < -0.3 is 20.1 Å². The number of rotatable bonds is 12. The first-order valence-electron chi connectivity index (χ1n) is 12.4. The summed E-state index contributed by atoms with van der Waals surface area (Å²) >= 11 is 0. The molecule has 0 aliphatic carbocycles. The molecule has 0 aliphatic rings. The first-order valence-corrected chi connectivity index (χ1v) is 12.4. The molecule has 0 saturated heterocycles. The quantitative estimate of drug-likeness (QED) is 0.305. The van der Waals surface area contributed by atoms with Gasteiger partial charge in [0.15, 0.2) is 11.5 Å². The second kappa shape index (κ2) is 13.2. The summed E-state index contributed by atoms with van der Waals surface area (Å²) in [6.07, 6.45) is 2.89. The molecule has 0 radical (unpaired) electrons. The minimum absolute atomic E-state index is 0.0943. The number of hydrogen-bond donors (Lipinski definition) is 1. The Bertz CT molecular complexity index is 1250. The maximum Gasteiger partial charge on any atom is 0.240 e. The number of nitrogens with zero attached hydrogens (tertiary/aromatic N) is 2. The van der Waals surface area contributed by atoms with E-state index in [1.54, 1.807) is 13.3 Å². The molecule has 1 amide bonds. The van der Waals surface area contributed by atoms with Crippen LogP contribution in [0.4, 0.5) is 0 Å². The van der Waals surface area contributed by atoms with Crippen molar-refractivity contribution in [1.29, 1.82) is 0 Å². The molecular weight excluding hydrogens is 462 g/mol. The van der Waals surface area contributed by atoms with E-state index < -0.39 is 6.04 Å². The van der Waals surface area contributed by atoms with Crippen LogP contribution in [0.2, 0.25) is 0 Å². The molecule has 0 unspecified atom stereocenters. The zero-order valence-corrected chi connectivity index (χ0v) is 21.1. The second-order valence-electron chi connectivity index (χ2n) is 8.89. The summed E-state index contributed by atoms with van der Waals surface area (Å²) in [5.41, 5.74) is 10.4. The van der Waals surface area contributed by atoms with Gasteiger partial charge in [-0.15, -0.1) is 0 Å². The summed E-state index contributed by atoms with van der Waals surface area (Å²) in [5, 5.41) is 0. The van der Waals surface area contributed by atoms with Crippen molar-refractivity contribution in [3.8, 4) is 11.5 Å². The third-order valence-electron chi connectivity index (χ3n) is 6.13. The number of amides is 1. The topological polar surface area (TPSA) is 77.7 Å². The second-order valence-corrected chi connectivity index (χ2v) is 8.89. The minimum atomic E-state index is -0.637. The van der Waals surface area contributed by atoms with E-state index in [-0.39, 0.29) is 5.91 Å². The SMILES string of the molecule is COc1cc(CN(CCc2ccccn2)C(=O)[C@@H](N)Cc2ccccc2)ccc1OCc1ccccc1. The van der Waals surface area contributed by atoms with Gasteiger partial charge in [-0.25, -0.2) is 0 Å². The van der Waals surface area contributed by atoms with Crippen molar-refractivity contribution in [3.63, 3.8) is 0 Å². The summed E-state index contributed by atoms with van der Waals surface area (Å²) in [7, 11) is 1.62. The molecule has 0 spiro atoms. The highest BCUT2D eigenvalue weighted by atomic mass is 16.5. The van der Waals surface area contributed by atoms with Gasteiger partial charge in [-0.2, -0.15) is 0 Å². The molecule has 1 aromatic heterocycles. The van der Waals surface area contributed by atoms with Gasteiger partial charge >= 0.3 is 0 Å². The average molecular weight is 496 g/mol. The van der Waals surface area contributed by atoms with Gasteiger partial charge in [0.1, 0.15) is 6.61 Å². The Hall–Kier alpha value is -4.16. The van der Waals surface area contributed by atoms with Crippen LogP contribution >= 0.6 is 0 Å². The van der Waals surface area contributed by atoms with E-state index in [2.05, 4.69) is 4.98 Å². The number of benzene rings is 3. The first-order chi connectivity index (χ1) is 18.1. The summed E-state index contributed by atoms with van der Waals surface area (Å²) in [6.45, 7) is 1.36. The number of aromatic nitrogens is 1. The van der Waals surface area contributed by atoms with Crippen LogP contribution in [0.5, 0.6) is 11.5 Å². The van der Waals surface area contributed by atoms with E-state index in [1.807, 2.05) is 102 Å². The highest BCUT2D eigenvalue weighted by molar-refractivity contribution is 5.82. The fourth-order valence-electron chi connectivity index (χ4n) is 4.14. The van der Waals surface area contributed by atoms with Crippen LogP contribution in [-0.2, 0) is 30.8 Å². The molecule has 6 heteroatoms. The van der Waals surface area contributed by atoms with Crippen molar-refractivity contribution in [2.75, 3.05) is 13.7 Å². The van der Waals surface area contributed by atoms with E-state index >= 15 is 0 Å². The molecule has 0 fully saturated rings. The Kier molecular flexibility index (Phi) is 9.27. The molecule has 1 heterocycles. The van der Waals surface area contributed by atoms with Crippen LogP contribution in [0.3, 0.4) is 0 Å². The third-order valence-corrected chi connectivity index (χ3v) is 6.13. The van der Waals surface area contributed by atoms with Crippen molar-refractivity contribution in [1.82, 2.24) is 9.88 Å². The summed E-state index contributed by atoms with van der Waals surface area (Å²) in [6, 6.07) is 30.8. The lowest BCUT2D eigenvalue weighted by molar-refractivity contribution is -0.133.